The molecular weight excluding hydrogens is 266 g/mol. The summed E-state index contributed by atoms with van der Waals surface area (Å²) in [6.07, 6.45) is 8.93. The second-order valence-electron chi connectivity index (χ2n) is 7.24. The molecular formula is C17H29NO3. The molecule has 1 N–H and O–H groups in total. The summed E-state index contributed by atoms with van der Waals surface area (Å²) in [5, 5.41) is 9.59. The van der Waals surface area contributed by atoms with Crippen molar-refractivity contribution in [3.63, 3.8) is 0 Å². The van der Waals surface area contributed by atoms with Crippen molar-refractivity contribution in [2.45, 2.75) is 77.2 Å². The van der Waals surface area contributed by atoms with Gasteiger partial charge in [-0.25, -0.2) is 0 Å². The molecule has 2 saturated carbocycles. The van der Waals surface area contributed by atoms with Crippen molar-refractivity contribution in [3.05, 3.63) is 0 Å². The summed E-state index contributed by atoms with van der Waals surface area (Å²) < 4.78 is 0. The monoisotopic (exact) mass is 295 g/mol. The van der Waals surface area contributed by atoms with Crippen LogP contribution in [0.15, 0.2) is 0 Å². The molecule has 1 amide bonds. The third-order valence-electron chi connectivity index (χ3n) is 5.68. The zero-order valence-corrected chi connectivity index (χ0v) is 13.4. The number of carbonyl (C=O) groups is 2. The zero-order valence-electron chi connectivity index (χ0n) is 13.4. The van der Waals surface area contributed by atoms with Crippen molar-refractivity contribution in [2.24, 2.45) is 11.3 Å². The number of aliphatic carboxylic acids is 1. The van der Waals surface area contributed by atoms with Crippen molar-refractivity contribution in [3.8, 4) is 0 Å². The first-order valence-electron chi connectivity index (χ1n) is 8.44. The van der Waals surface area contributed by atoms with Gasteiger partial charge in [0.15, 0.2) is 0 Å². The van der Waals surface area contributed by atoms with Crippen LogP contribution < -0.4 is 0 Å². The highest BCUT2D eigenvalue weighted by Gasteiger charge is 2.42. The van der Waals surface area contributed by atoms with E-state index < -0.39 is 11.4 Å². The van der Waals surface area contributed by atoms with Gasteiger partial charge in [-0.15, -0.1) is 0 Å². The van der Waals surface area contributed by atoms with Crippen LogP contribution in [0, 0.1) is 11.3 Å². The van der Waals surface area contributed by atoms with E-state index in [4.69, 9.17) is 0 Å². The van der Waals surface area contributed by atoms with Crippen LogP contribution in [-0.4, -0.2) is 35.0 Å². The fraction of sp³-hybridized carbons (Fsp3) is 0.882. The van der Waals surface area contributed by atoms with Crippen LogP contribution in [0.1, 0.15) is 71.1 Å². The molecule has 2 fully saturated rings. The average Bonchev–Trinajstić information content (AvgIpc) is 2.48. The molecule has 4 nitrogen and oxygen atoms in total. The molecule has 2 aliphatic carbocycles. The molecule has 0 radical (unpaired) electrons. The van der Waals surface area contributed by atoms with E-state index in [2.05, 4.69) is 6.92 Å². The van der Waals surface area contributed by atoms with Crippen LogP contribution in [0.4, 0.5) is 0 Å². The molecule has 0 aromatic heterocycles. The average molecular weight is 295 g/mol. The van der Waals surface area contributed by atoms with Crippen molar-refractivity contribution < 1.29 is 14.7 Å². The predicted molar refractivity (Wildman–Crippen MR) is 82.0 cm³/mol. The number of carboxylic acid groups (broad SMARTS) is 1. The maximum Gasteiger partial charge on any atom is 0.310 e. The number of amides is 1. The molecule has 2 rings (SSSR count). The quantitative estimate of drug-likeness (QED) is 0.864. The number of rotatable bonds is 4. The van der Waals surface area contributed by atoms with Gasteiger partial charge in [0.2, 0.25) is 5.91 Å². The van der Waals surface area contributed by atoms with Crippen molar-refractivity contribution in [2.75, 3.05) is 7.05 Å². The summed E-state index contributed by atoms with van der Waals surface area (Å²) in [7, 11) is 1.86. The fourth-order valence-electron chi connectivity index (χ4n) is 3.94. The van der Waals surface area contributed by atoms with Gasteiger partial charge in [-0.2, -0.15) is 0 Å². The van der Waals surface area contributed by atoms with Gasteiger partial charge in [-0.05, 0) is 44.4 Å². The lowest BCUT2D eigenvalue weighted by atomic mass is 9.71. The Morgan fingerprint density at radius 3 is 2.19 bits per heavy atom. The summed E-state index contributed by atoms with van der Waals surface area (Å²) in [6, 6.07) is 0.308. The lowest BCUT2D eigenvalue weighted by molar-refractivity contribution is -0.156. The van der Waals surface area contributed by atoms with E-state index in [0.717, 1.165) is 38.0 Å². The maximum absolute atomic E-state index is 12.6. The topological polar surface area (TPSA) is 57.6 Å². The van der Waals surface area contributed by atoms with Crippen LogP contribution in [0.5, 0.6) is 0 Å². The molecule has 2 aliphatic rings. The minimum Gasteiger partial charge on any atom is -0.481 e. The standard InChI is InChI=1S/C17H29NO3/c1-13-6-8-14(9-7-13)18(2)15(19)12-17(16(20)21)10-4-3-5-11-17/h13-14H,3-12H2,1-2H3,(H,20,21). The Balaban J connectivity index is 1.96. The highest BCUT2D eigenvalue weighted by molar-refractivity contribution is 5.85. The first-order chi connectivity index (χ1) is 9.94. The summed E-state index contributed by atoms with van der Waals surface area (Å²) in [5.74, 6) is 0.00790. The van der Waals surface area contributed by atoms with Crippen molar-refractivity contribution >= 4 is 11.9 Å². The third-order valence-corrected chi connectivity index (χ3v) is 5.68. The summed E-state index contributed by atoms with van der Waals surface area (Å²) in [5.41, 5.74) is -0.800. The Kier molecular flexibility index (Phi) is 5.28. The van der Waals surface area contributed by atoms with Crippen LogP contribution >= 0.6 is 0 Å². The normalized spacial score (nSPS) is 28.9. The van der Waals surface area contributed by atoms with Gasteiger partial charge in [-0.3, -0.25) is 9.59 Å². The van der Waals surface area contributed by atoms with Gasteiger partial charge < -0.3 is 10.0 Å². The Morgan fingerprint density at radius 2 is 1.67 bits per heavy atom. The molecule has 0 aromatic carbocycles. The van der Waals surface area contributed by atoms with Gasteiger partial charge in [0.25, 0.3) is 0 Å². The summed E-state index contributed by atoms with van der Waals surface area (Å²) in [4.78, 5) is 26.1. The largest absolute Gasteiger partial charge is 0.481 e. The fourth-order valence-corrected chi connectivity index (χ4v) is 3.94. The van der Waals surface area contributed by atoms with E-state index in [1.54, 1.807) is 0 Å². The van der Waals surface area contributed by atoms with Gasteiger partial charge >= 0.3 is 5.97 Å². The van der Waals surface area contributed by atoms with Crippen LogP contribution in [0.25, 0.3) is 0 Å². The molecule has 120 valence electrons. The molecule has 0 unspecified atom stereocenters. The Bertz CT molecular complexity index is 379. The van der Waals surface area contributed by atoms with Crippen LogP contribution in [0.2, 0.25) is 0 Å². The second-order valence-corrected chi connectivity index (χ2v) is 7.24. The zero-order chi connectivity index (χ0) is 15.5. The molecule has 0 saturated heterocycles. The van der Waals surface area contributed by atoms with E-state index in [-0.39, 0.29) is 12.3 Å². The summed E-state index contributed by atoms with van der Waals surface area (Å²) >= 11 is 0. The lowest BCUT2D eigenvalue weighted by Gasteiger charge is -2.37. The molecule has 4 heteroatoms. The van der Waals surface area contributed by atoms with E-state index in [1.165, 1.54) is 12.8 Å². The molecule has 21 heavy (non-hydrogen) atoms. The van der Waals surface area contributed by atoms with Crippen molar-refractivity contribution in [1.82, 2.24) is 4.90 Å². The Hall–Kier alpha value is -1.06. The van der Waals surface area contributed by atoms with E-state index >= 15 is 0 Å². The second kappa shape index (κ2) is 6.80. The number of carbonyl (C=O) groups excluding carboxylic acids is 1. The first-order valence-corrected chi connectivity index (χ1v) is 8.44. The number of hydrogen-bond donors (Lipinski definition) is 1. The van der Waals surface area contributed by atoms with Gasteiger partial charge in [0, 0.05) is 19.5 Å². The molecule has 0 aromatic rings. The third kappa shape index (κ3) is 3.78. The smallest absolute Gasteiger partial charge is 0.310 e. The molecule has 0 bridgehead atoms. The van der Waals surface area contributed by atoms with E-state index in [9.17, 15) is 14.7 Å². The van der Waals surface area contributed by atoms with Crippen LogP contribution in [0.3, 0.4) is 0 Å². The molecule has 0 spiro atoms. The SMILES string of the molecule is CC1CCC(N(C)C(=O)CC2(C(=O)O)CCCCC2)CC1. The molecule has 0 aliphatic heterocycles. The highest BCUT2D eigenvalue weighted by Crippen LogP contribution is 2.40. The highest BCUT2D eigenvalue weighted by atomic mass is 16.4. The minimum absolute atomic E-state index is 0.0267. The predicted octanol–water partition coefficient (Wildman–Crippen LogP) is 3.45. The number of carboxylic acids is 1. The molecule has 0 heterocycles. The van der Waals surface area contributed by atoms with Gasteiger partial charge in [0.1, 0.15) is 0 Å². The first kappa shape index (κ1) is 16.3. The minimum atomic E-state index is -0.800. The number of hydrogen-bond acceptors (Lipinski definition) is 2. The Labute approximate surface area is 127 Å². The van der Waals surface area contributed by atoms with E-state index in [1.807, 2.05) is 11.9 Å². The van der Waals surface area contributed by atoms with Gasteiger partial charge in [-0.1, -0.05) is 26.2 Å². The van der Waals surface area contributed by atoms with Crippen molar-refractivity contribution in [1.29, 1.82) is 0 Å². The summed E-state index contributed by atoms with van der Waals surface area (Å²) in [6.45, 7) is 2.26. The van der Waals surface area contributed by atoms with Crippen LogP contribution in [-0.2, 0) is 9.59 Å². The number of nitrogens with zero attached hydrogens (tertiary/aromatic N) is 1. The molecule has 0 atom stereocenters. The van der Waals surface area contributed by atoms with E-state index in [0.29, 0.717) is 18.9 Å². The Morgan fingerprint density at radius 1 is 1.10 bits per heavy atom. The maximum atomic E-state index is 12.6. The van der Waals surface area contributed by atoms with Gasteiger partial charge in [0.05, 0.1) is 5.41 Å². The lowest BCUT2D eigenvalue weighted by Crippen LogP contribution is -2.44.